The molecule has 0 aliphatic carbocycles. The zero-order valence-electron chi connectivity index (χ0n) is 11.5. The molecule has 1 aromatic heterocycles. The Bertz CT molecular complexity index is 565. The lowest BCUT2D eigenvalue weighted by atomic mass is 9.99. The van der Waals surface area contributed by atoms with Crippen LogP contribution in [-0.4, -0.2) is 40.8 Å². The lowest BCUT2D eigenvalue weighted by molar-refractivity contribution is 0.122. The molecule has 1 atom stereocenters. The van der Waals surface area contributed by atoms with Gasteiger partial charge >= 0.3 is 0 Å². The number of hydrogen-bond acceptors (Lipinski definition) is 5. The van der Waals surface area contributed by atoms with Gasteiger partial charge in [0.15, 0.2) is 0 Å². The Morgan fingerprint density at radius 3 is 2.85 bits per heavy atom. The minimum Gasteiger partial charge on any atom is -0.383 e. The van der Waals surface area contributed by atoms with E-state index >= 15 is 0 Å². The summed E-state index contributed by atoms with van der Waals surface area (Å²) >= 11 is 4.74. The molecule has 2 N–H and O–H groups in total. The third-order valence-corrected chi connectivity index (χ3v) is 6.70. The molecule has 0 aromatic carbocycles. The molecule has 20 heavy (non-hydrogen) atoms. The van der Waals surface area contributed by atoms with Gasteiger partial charge in [-0.25, -0.2) is 13.1 Å². The molecule has 0 bridgehead atoms. The lowest BCUT2D eigenvalue weighted by Crippen LogP contribution is -2.52. The topological polar surface area (TPSA) is 67.4 Å². The molecule has 1 saturated heterocycles. The maximum atomic E-state index is 12.4. The van der Waals surface area contributed by atoms with Gasteiger partial charge in [-0.05, 0) is 48.3 Å². The molecular weight excluding hydrogens is 364 g/mol. The van der Waals surface area contributed by atoms with Crippen molar-refractivity contribution >= 4 is 37.3 Å². The van der Waals surface area contributed by atoms with Crippen LogP contribution in [0.25, 0.3) is 0 Å². The monoisotopic (exact) mass is 382 g/mol. The van der Waals surface area contributed by atoms with Gasteiger partial charge in [0.05, 0.1) is 20.8 Å². The van der Waals surface area contributed by atoms with Crippen LogP contribution < -0.4 is 10.0 Å². The van der Waals surface area contributed by atoms with Gasteiger partial charge in [-0.1, -0.05) is 0 Å². The fraction of sp³-hybridized carbons (Fsp3) is 0.667. The Kier molecular flexibility index (Phi) is 5.25. The Hall–Kier alpha value is 0.01000. The van der Waals surface area contributed by atoms with Crippen molar-refractivity contribution in [2.45, 2.75) is 30.2 Å². The van der Waals surface area contributed by atoms with Gasteiger partial charge < -0.3 is 10.1 Å². The van der Waals surface area contributed by atoms with Crippen molar-refractivity contribution in [1.82, 2.24) is 10.0 Å². The van der Waals surface area contributed by atoms with Crippen molar-refractivity contribution in [2.24, 2.45) is 0 Å². The van der Waals surface area contributed by atoms with Crippen LogP contribution in [0.4, 0.5) is 0 Å². The third kappa shape index (κ3) is 3.61. The molecule has 114 valence electrons. The van der Waals surface area contributed by atoms with Crippen LogP contribution in [0.3, 0.4) is 0 Å². The summed E-state index contributed by atoms with van der Waals surface area (Å²) in [6, 6.07) is 1.65. The van der Waals surface area contributed by atoms with E-state index in [0.29, 0.717) is 18.0 Å². The van der Waals surface area contributed by atoms with Crippen molar-refractivity contribution in [3.63, 3.8) is 0 Å². The van der Waals surface area contributed by atoms with Gasteiger partial charge in [0.1, 0.15) is 0 Å². The second kappa shape index (κ2) is 6.41. The SMILES string of the molecule is COCC1(CNS(=O)(=O)c2cc(Br)sc2C)CCCN1. The predicted octanol–water partition coefficient (Wildman–Crippen LogP) is 1.87. The fourth-order valence-corrected chi connectivity index (χ4v) is 6.02. The summed E-state index contributed by atoms with van der Waals surface area (Å²) in [5, 5.41) is 3.36. The zero-order chi connectivity index (χ0) is 14.8. The van der Waals surface area contributed by atoms with Gasteiger partial charge in [-0.2, -0.15) is 0 Å². The first-order valence-corrected chi connectivity index (χ1v) is 9.47. The molecule has 0 saturated carbocycles. The van der Waals surface area contributed by atoms with E-state index in [1.807, 2.05) is 6.92 Å². The number of sulfonamides is 1. The lowest BCUT2D eigenvalue weighted by Gasteiger charge is -2.28. The van der Waals surface area contributed by atoms with E-state index in [1.165, 1.54) is 11.3 Å². The van der Waals surface area contributed by atoms with E-state index in [-0.39, 0.29) is 5.54 Å². The Morgan fingerprint density at radius 1 is 1.60 bits per heavy atom. The molecular formula is C12H19BrN2O3S2. The second-order valence-electron chi connectivity index (χ2n) is 5.04. The summed E-state index contributed by atoms with van der Waals surface area (Å²) in [5.41, 5.74) is -0.289. The molecule has 0 spiro atoms. The summed E-state index contributed by atoms with van der Waals surface area (Å²) in [4.78, 5) is 1.13. The van der Waals surface area contributed by atoms with Crippen molar-refractivity contribution in [1.29, 1.82) is 0 Å². The van der Waals surface area contributed by atoms with Gasteiger partial charge in [0.2, 0.25) is 10.0 Å². The first-order valence-electron chi connectivity index (χ1n) is 6.38. The second-order valence-corrected chi connectivity index (χ2v) is 9.41. The predicted molar refractivity (Wildman–Crippen MR) is 83.8 cm³/mol. The van der Waals surface area contributed by atoms with E-state index in [2.05, 4.69) is 26.0 Å². The summed E-state index contributed by atoms with van der Waals surface area (Å²) in [7, 11) is -1.84. The average molecular weight is 383 g/mol. The van der Waals surface area contributed by atoms with Crippen LogP contribution in [0, 0.1) is 6.92 Å². The highest BCUT2D eigenvalue weighted by molar-refractivity contribution is 9.11. The zero-order valence-corrected chi connectivity index (χ0v) is 14.8. The number of rotatable bonds is 6. The number of thiophene rings is 1. The largest absolute Gasteiger partial charge is 0.383 e. The Morgan fingerprint density at radius 2 is 2.35 bits per heavy atom. The van der Waals surface area contributed by atoms with Gasteiger partial charge in [-0.15, -0.1) is 11.3 Å². The van der Waals surface area contributed by atoms with E-state index in [9.17, 15) is 8.42 Å². The molecule has 1 aliphatic rings. The molecule has 0 radical (unpaired) electrons. The number of ether oxygens (including phenoxy) is 1. The van der Waals surface area contributed by atoms with Crippen molar-refractivity contribution < 1.29 is 13.2 Å². The highest BCUT2D eigenvalue weighted by Gasteiger charge is 2.35. The quantitative estimate of drug-likeness (QED) is 0.787. The van der Waals surface area contributed by atoms with E-state index in [4.69, 9.17) is 4.74 Å². The molecule has 1 aliphatic heterocycles. The van der Waals surface area contributed by atoms with Crippen molar-refractivity contribution in [3.05, 3.63) is 14.7 Å². The molecule has 2 rings (SSSR count). The van der Waals surface area contributed by atoms with E-state index < -0.39 is 10.0 Å². The molecule has 8 heteroatoms. The maximum Gasteiger partial charge on any atom is 0.241 e. The van der Waals surface area contributed by atoms with E-state index in [1.54, 1.807) is 13.2 Å². The average Bonchev–Trinajstić information content (AvgIpc) is 2.95. The first-order chi connectivity index (χ1) is 9.38. The molecule has 5 nitrogen and oxygen atoms in total. The van der Waals surface area contributed by atoms with Crippen LogP contribution in [-0.2, 0) is 14.8 Å². The summed E-state index contributed by atoms with van der Waals surface area (Å²) < 4.78 is 33.5. The van der Waals surface area contributed by atoms with Crippen LogP contribution in [0.1, 0.15) is 17.7 Å². The number of nitrogens with one attached hydrogen (secondary N) is 2. The normalized spacial score (nSPS) is 23.4. The summed E-state index contributed by atoms with van der Waals surface area (Å²) in [6.07, 6.45) is 1.95. The summed E-state index contributed by atoms with van der Waals surface area (Å²) in [6.45, 7) is 3.55. The van der Waals surface area contributed by atoms with Crippen molar-refractivity contribution in [2.75, 3.05) is 26.8 Å². The maximum absolute atomic E-state index is 12.4. The highest BCUT2D eigenvalue weighted by atomic mass is 79.9. The van der Waals surface area contributed by atoms with Crippen LogP contribution in [0.5, 0.6) is 0 Å². The van der Waals surface area contributed by atoms with Crippen LogP contribution in [0.15, 0.2) is 14.7 Å². The molecule has 2 heterocycles. The molecule has 1 aromatic rings. The van der Waals surface area contributed by atoms with E-state index in [0.717, 1.165) is 28.0 Å². The first kappa shape index (κ1) is 16.4. The molecule has 1 unspecified atom stereocenters. The Balaban J connectivity index is 2.10. The minimum atomic E-state index is -3.48. The Labute approximate surface area is 132 Å². The summed E-state index contributed by atoms with van der Waals surface area (Å²) in [5.74, 6) is 0. The minimum absolute atomic E-state index is 0.289. The standard InChI is InChI=1S/C12H19BrN2O3S2/c1-9-10(6-11(13)19-9)20(16,17)15-7-12(8-18-2)4-3-5-14-12/h6,14-15H,3-5,7-8H2,1-2H3. The molecule has 0 amide bonds. The van der Waals surface area contributed by atoms with Gasteiger partial charge in [0, 0.05) is 18.5 Å². The third-order valence-electron chi connectivity index (χ3n) is 3.48. The van der Waals surface area contributed by atoms with Crippen LogP contribution >= 0.6 is 27.3 Å². The van der Waals surface area contributed by atoms with Crippen molar-refractivity contribution in [3.8, 4) is 0 Å². The number of halogens is 1. The number of aryl methyl sites for hydroxylation is 1. The van der Waals surface area contributed by atoms with Crippen LogP contribution in [0.2, 0.25) is 0 Å². The number of methoxy groups -OCH3 is 1. The highest BCUT2D eigenvalue weighted by Crippen LogP contribution is 2.30. The fourth-order valence-electron chi connectivity index (χ4n) is 2.48. The number of hydrogen-bond donors (Lipinski definition) is 2. The van der Waals surface area contributed by atoms with Gasteiger partial charge in [0.25, 0.3) is 0 Å². The van der Waals surface area contributed by atoms with Gasteiger partial charge in [-0.3, -0.25) is 0 Å². The molecule has 1 fully saturated rings. The smallest absolute Gasteiger partial charge is 0.241 e.